The molecule has 1 aliphatic rings. The number of carbonyl (C=O) groups is 2. The van der Waals surface area contributed by atoms with Crippen molar-refractivity contribution in [2.45, 2.75) is 24.7 Å². The molecular formula is C17H18O8. The number of carboxylic acid groups (broad SMARTS) is 1. The first kappa shape index (κ1) is 18.7. The molecule has 1 aromatic rings. The molecule has 0 fully saturated rings. The van der Waals surface area contributed by atoms with E-state index in [0.29, 0.717) is 5.56 Å². The first-order valence-electron chi connectivity index (χ1n) is 7.38. The van der Waals surface area contributed by atoms with Gasteiger partial charge in [-0.3, -0.25) is 0 Å². The summed E-state index contributed by atoms with van der Waals surface area (Å²) in [4.78, 5) is 22.7. The Labute approximate surface area is 143 Å². The summed E-state index contributed by atoms with van der Waals surface area (Å²) in [6.45, 7) is 0. The summed E-state index contributed by atoms with van der Waals surface area (Å²) in [5.74, 6) is -1.59. The van der Waals surface area contributed by atoms with Crippen LogP contribution in [0.3, 0.4) is 0 Å². The summed E-state index contributed by atoms with van der Waals surface area (Å²) < 4.78 is 10.3. The molecule has 0 spiro atoms. The van der Waals surface area contributed by atoms with Gasteiger partial charge in [0.15, 0.2) is 11.5 Å². The van der Waals surface area contributed by atoms with E-state index in [1.165, 1.54) is 31.4 Å². The number of aliphatic hydroxyl groups excluding tert-OH is 3. The second kappa shape index (κ2) is 7.93. The van der Waals surface area contributed by atoms with E-state index in [1.54, 1.807) is 0 Å². The summed E-state index contributed by atoms with van der Waals surface area (Å²) >= 11 is 0. The van der Waals surface area contributed by atoms with E-state index in [4.69, 9.17) is 14.6 Å². The lowest BCUT2D eigenvalue weighted by molar-refractivity contribution is -0.132. The number of carboxylic acids is 1. The molecule has 0 radical (unpaired) electrons. The summed E-state index contributed by atoms with van der Waals surface area (Å²) in [5.41, 5.74) is 0.562. The predicted molar refractivity (Wildman–Crippen MR) is 86.0 cm³/mol. The number of hydrogen-bond acceptors (Lipinski definition) is 7. The Morgan fingerprint density at radius 1 is 1.20 bits per heavy atom. The van der Waals surface area contributed by atoms with Crippen molar-refractivity contribution in [3.05, 3.63) is 41.5 Å². The first-order chi connectivity index (χ1) is 11.8. The van der Waals surface area contributed by atoms with Crippen LogP contribution in [0.4, 0.5) is 0 Å². The van der Waals surface area contributed by atoms with Crippen LogP contribution < -0.4 is 9.47 Å². The predicted octanol–water partition coefficient (Wildman–Crippen LogP) is 0.111. The van der Waals surface area contributed by atoms with Crippen LogP contribution in [0.2, 0.25) is 0 Å². The first-order valence-corrected chi connectivity index (χ1v) is 7.38. The number of aliphatic hydroxyl groups is 3. The maximum absolute atomic E-state index is 12.2. The standard InChI is InChI=1S/C17H18O8/c1-24-14-6-9(3-5-15(20)21)2-4-13(14)25-17(23)10-7-11(18)16(22)12(19)8-10/h2-7,11-12,16,18-19,22H,8H2,1H3,(H,20,21). The van der Waals surface area contributed by atoms with E-state index in [0.717, 1.165) is 12.2 Å². The molecule has 1 aromatic carbocycles. The Kier molecular flexibility index (Phi) is 5.92. The Morgan fingerprint density at radius 3 is 2.52 bits per heavy atom. The van der Waals surface area contributed by atoms with Crippen LogP contribution in [-0.4, -0.2) is 57.8 Å². The van der Waals surface area contributed by atoms with Gasteiger partial charge in [-0.05, 0) is 29.8 Å². The zero-order valence-electron chi connectivity index (χ0n) is 13.3. The van der Waals surface area contributed by atoms with E-state index in [1.807, 2.05) is 0 Å². The summed E-state index contributed by atoms with van der Waals surface area (Å²) in [5, 5.41) is 37.3. The van der Waals surface area contributed by atoms with Crippen molar-refractivity contribution >= 4 is 18.0 Å². The molecule has 0 aliphatic heterocycles. The molecule has 0 heterocycles. The highest BCUT2D eigenvalue weighted by molar-refractivity contribution is 5.91. The number of carbonyl (C=O) groups excluding carboxylic acids is 1. The minimum absolute atomic E-state index is 0.0298. The van der Waals surface area contributed by atoms with Crippen LogP contribution in [0.15, 0.2) is 35.9 Å². The van der Waals surface area contributed by atoms with Gasteiger partial charge in [-0.2, -0.15) is 0 Å². The fraction of sp³-hybridized carbons (Fsp3) is 0.294. The smallest absolute Gasteiger partial charge is 0.339 e. The molecule has 8 nitrogen and oxygen atoms in total. The van der Waals surface area contributed by atoms with E-state index in [-0.39, 0.29) is 23.5 Å². The number of benzene rings is 1. The van der Waals surface area contributed by atoms with Crippen molar-refractivity contribution < 1.29 is 39.5 Å². The maximum atomic E-state index is 12.2. The van der Waals surface area contributed by atoms with Gasteiger partial charge >= 0.3 is 11.9 Å². The Morgan fingerprint density at radius 2 is 1.92 bits per heavy atom. The monoisotopic (exact) mass is 350 g/mol. The summed E-state index contributed by atoms with van der Waals surface area (Å²) in [6.07, 6.45) is -0.694. The molecule has 2 rings (SSSR count). The fourth-order valence-electron chi connectivity index (χ4n) is 2.30. The topological polar surface area (TPSA) is 134 Å². The third-order valence-electron chi connectivity index (χ3n) is 3.62. The van der Waals surface area contributed by atoms with Crippen LogP contribution in [0.25, 0.3) is 6.08 Å². The van der Waals surface area contributed by atoms with Gasteiger partial charge in [0, 0.05) is 18.1 Å². The molecule has 0 saturated heterocycles. The number of hydrogen-bond donors (Lipinski definition) is 4. The molecule has 0 bridgehead atoms. The van der Waals surface area contributed by atoms with Crippen molar-refractivity contribution in [3.8, 4) is 11.5 Å². The minimum atomic E-state index is -1.36. The maximum Gasteiger partial charge on any atom is 0.339 e. The van der Waals surface area contributed by atoms with E-state index in [2.05, 4.69) is 0 Å². The zero-order valence-corrected chi connectivity index (χ0v) is 13.3. The van der Waals surface area contributed by atoms with E-state index in [9.17, 15) is 24.9 Å². The average molecular weight is 350 g/mol. The molecule has 3 unspecified atom stereocenters. The highest BCUT2D eigenvalue weighted by Gasteiger charge is 2.32. The van der Waals surface area contributed by atoms with Gasteiger partial charge in [-0.1, -0.05) is 6.07 Å². The normalized spacial score (nSPS) is 23.2. The van der Waals surface area contributed by atoms with E-state index >= 15 is 0 Å². The van der Waals surface area contributed by atoms with Crippen LogP contribution in [0.5, 0.6) is 11.5 Å². The van der Waals surface area contributed by atoms with Gasteiger partial charge in [-0.25, -0.2) is 9.59 Å². The highest BCUT2D eigenvalue weighted by atomic mass is 16.6. The third kappa shape index (κ3) is 4.66. The lowest BCUT2D eigenvalue weighted by Crippen LogP contribution is -2.41. The minimum Gasteiger partial charge on any atom is -0.493 e. The lowest BCUT2D eigenvalue weighted by atomic mass is 9.92. The van der Waals surface area contributed by atoms with Gasteiger partial charge in [0.1, 0.15) is 12.2 Å². The molecule has 8 heteroatoms. The highest BCUT2D eigenvalue weighted by Crippen LogP contribution is 2.30. The van der Waals surface area contributed by atoms with Crippen LogP contribution in [-0.2, 0) is 9.59 Å². The second-order valence-corrected chi connectivity index (χ2v) is 5.42. The van der Waals surface area contributed by atoms with Crippen LogP contribution in [0.1, 0.15) is 12.0 Å². The molecular weight excluding hydrogens is 332 g/mol. The number of esters is 1. The molecule has 25 heavy (non-hydrogen) atoms. The van der Waals surface area contributed by atoms with Crippen molar-refractivity contribution in [2.75, 3.05) is 7.11 Å². The Bertz CT molecular complexity index is 721. The van der Waals surface area contributed by atoms with Crippen molar-refractivity contribution in [1.82, 2.24) is 0 Å². The second-order valence-electron chi connectivity index (χ2n) is 5.42. The number of ether oxygens (including phenoxy) is 2. The molecule has 3 atom stereocenters. The number of aliphatic carboxylic acids is 1. The molecule has 0 saturated carbocycles. The Balaban J connectivity index is 2.18. The van der Waals surface area contributed by atoms with Crippen LogP contribution >= 0.6 is 0 Å². The third-order valence-corrected chi connectivity index (χ3v) is 3.62. The summed E-state index contributed by atoms with van der Waals surface area (Å²) in [6, 6.07) is 4.46. The molecule has 4 N–H and O–H groups in total. The van der Waals surface area contributed by atoms with Crippen molar-refractivity contribution in [2.24, 2.45) is 0 Å². The lowest BCUT2D eigenvalue weighted by Gasteiger charge is -2.26. The average Bonchev–Trinajstić information content (AvgIpc) is 2.58. The van der Waals surface area contributed by atoms with Gasteiger partial charge in [0.05, 0.1) is 13.2 Å². The van der Waals surface area contributed by atoms with Crippen molar-refractivity contribution in [3.63, 3.8) is 0 Å². The zero-order chi connectivity index (χ0) is 18.6. The van der Waals surface area contributed by atoms with Gasteiger partial charge in [-0.15, -0.1) is 0 Å². The number of rotatable bonds is 5. The summed E-state index contributed by atoms with van der Waals surface area (Å²) in [7, 11) is 1.36. The molecule has 1 aliphatic carbocycles. The van der Waals surface area contributed by atoms with E-state index < -0.39 is 30.3 Å². The SMILES string of the molecule is COc1cc(C=CC(=O)O)ccc1OC(=O)C1=CC(O)C(O)C(O)C1. The molecule has 134 valence electrons. The molecule has 0 aromatic heterocycles. The van der Waals surface area contributed by atoms with Gasteiger partial charge in [0.25, 0.3) is 0 Å². The van der Waals surface area contributed by atoms with Gasteiger partial charge < -0.3 is 29.9 Å². The quantitative estimate of drug-likeness (QED) is 0.334. The molecule has 0 amide bonds. The van der Waals surface area contributed by atoms with Gasteiger partial charge in [0.2, 0.25) is 0 Å². The van der Waals surface area contributed by atoms with Crippen LogP contribution in [0, 0.1) is 0 Å². The Hall–Kier alpha value is -2.68. The number of methoxy groups -OCH3 is 1. The largest absolute Gasteiger partial charge is 0.493 e. The fourth-order valence-corrected chi connectivity index (χ4v) is 2.30. The van der Waals surface area contributed by atoms with Crippen molar-refractivity contribution in [1.29, 1.82) is 0 Å².